The molecule has 32 heavy (non-hydrogen) atoms. The molecule has 0 bridgehead atoms. The quantitative estimate of drug-likeness (QED) is 0.170. The Morgan fingerprint density at radius 1 is 0.531 bits per heavy atom. The van der Waals surface area contributed by atoms with Crippen LogP contribution < -0.4 is 9.80 Å². The second kappa shape index (κ2) is 15.5. The van der Waals surface area contributed by atoms with Crippen LogP contribution in [0, 0.1) is 0 Å². The van der Waals surface area contributed by atoms with Crippen molar-refractivity contribution in [2.75, 3.05) is 78.5 Å². The Morgan fingerprint density at radius 3 is 1.19 bits per heavy atom. The van der Waals surface area contributed by atoms with Gasteiger partial charge < -0.3 is 30.2 Å². The van der Waals surface area contributed by atoms with Crippen LogP contribution in [0.2, 0.25) is 0 Å². The summed E-state index contributed by atoms with van der Waals surface area (Å²) in [6.45, 7) is 6.76. The van der Waals surface area contributed by atoms with Gasteiger partial charge >= 0.3 is 23.9 Å². The molecule has 2 atom stereocenters. The number of nitrogens with one attached hydrogen (secondary N) is 2. The van der Waals surface area contributed by atoms with Gasteiger partial charge in [-0.1, -0.05) is 0 Å². The van der Waals surface area contributed by atoms with Crippen molar-refractivity contribution in [1.29, 1.82) is 0 Å². The van der Waals surface area contributed by atoms with Crippen LogP contribution in [0.4, 0.5) is 0 Å². The van der Waals surface area contributed by atoms with Crippen molar-refractivity contribution >= 4 is 23.9 Å². The van der Waals surface area contributed by atoms with Gasteiger partial charge in [0, 0.05) is 39.3 Å². The first-order chi connectivity index (χ1) is 15.2. The summed E-state index contributed by atoms with van der Waals surface area (Å²) in [6.07, 6.45) is 0.0924. The maximum Gasteiger partial charge on any atom is 0.309 e. The Bertz CT molecular complexity index is 498. The van der Waals surface area contributed by atoms with Gasteiger partial charge in [-0.25, -0.2) is 0 Å². The summed E-state index contributed by atoms with van der Waals surface area (Å²) in [5.74, 6) is -3.50. The summed E-state index contributed by atoms with van der Waals surface area (Å²) in [6, 6.07) is 0. The molecular formula is C20H38N4O8+2. The van der Waals surface area contributed by atoms with Crippen LogP contribution >= 0.6 is 0 Å². The molecule has 1 aliphatic rings. The summed E-state index contributed by atoms with van der Waals surface area (Å²) in [5, 5.41) is 36.2. The molecule has 0 aromatic heterocycles. The Hall–Kier alpha value is -2.28. The first-order valence-electron chi connectivity index (χ1n) is 11.1. The molecule has 0 aromatic rings. The SMILES string of the molecule is O=C(O)CCN1CCN(CCC(=O)O)CC[NH+](CCC(=O)O)CC[NH+](CCC(=O)O)CC1. The van der Waals surface area contributed by atoms with Crippen molar-refractivity contribution in [3.8, 4) is 0 Å². The van der Waals surface area contributed by atoms with Crippen LogP contribution in [0.1, 0.15) is 25.7 Å². The van der Waals surface area contributed by atoms with E-state index in [4.69, 9.17) is 20.4 Å². The Morgan fingerprint density at radius 2 is 0.875 bits per heavy atom. The molecule has 6 N–H and O–H groups in total. The van der Waals surface area contributed by atoms with Crippen molar-refractivity contribution in [3.05, 3.63) is 0 Å². The number of carboxylic acids is 4. The number of hydrogen-bond donors (Lipinski definition) is 6. The van der Waals surface area contributed by atoms with Gasteiger partial charge in [-0.3, -0.25) is 29.0 Å². The van der Waals surface area contributed by atoms with Gasteiger partial charge in [0.25, 0.3) is 0 Å². The van der Waals surface area contributed by atoms with Gasteiger partial charge in [0.05, 0.1) is 51.9 Å². The number of quaternary nitrogens is 2. The average Bonchev–Trinajstić information content (AvgIpc) is 2.70. The molecule has 12 nitrogen and oxygen atoms in total. The molecule has 1 fully saturated rings. The van der Waals surface area contributed by atoms with E-state index < -0.39 is 23.9 Å². The molecule has 1 rings (SSSR count). The van der Waals surface area contributed by atoms with Crippen LogP contribution in [0.25, 0.3) is 0 Å². The van der Waals surface area contributed by atoms with Gasteiger partial charge in [0.1, 0.15) is 13.1 Å². The first kappa shape index (κ1) is 27.8. The molecule has 0 radical (unpaired) electrons. The maximum atomic E-state index is 11.0. The fourth-order valence-electron chi connectivity index (χ4n) is 3.76. The molecule has 1 heterocycles. The number of nitrogens with zero attached hydrogens (tertiary/aromatic N) is 2. The van der Waals surface area contributed by atoms with Crippen LogP contribution in [0.15, 0.2) is 0 Å². The number of hydrogen-bond acceptors (Lipinski definition) is 6. The second-order valence-electron chi connectivity index (χ2n) is 8.26. The van der Waals surface area contributed by atoms with Crippen LogP contribution in [0.3, 0.4) is 0 Å². The molecule has 0 aromatic carbocycles. The number of rotatable bonds is 12. The molecule has 2 unspecified atom stereocenters. The molecule has 184 valence electrons. The van der Waals surface area contributed by atoms with Crippen LogP contribution in [0.5, 0.6) is 0 Å². The Labute approximate surface area is 188 Å². The third-order valence-corrected chi connectivity index (χ3v) is 5.80. The standard InChI is InChI=1S/C20H36N4O8/c25-17(26)1-5-21-9-11-22(6-2-18(27)28)13-15-24(8-4-20(31)32)16-14-23(12-10-21)7-3-19(29)30/h1-16H2,(H,25,26)(H,27,28)(H,29,30)(H,31,32)/p+2. The lowest BCUT2D eigenvalue weighted by atomic mass is 10.2. The summed E-state index contributed by atoms with van der Waals surface area (Å²) < 4.78 is 0. The van der Waals surface area contributed by atoms with Crippen molar-refractivity contribution < 1.29 is 49.4 Å². The number of carbonyl (C=O) groups is 4. The van der Waals surface area contributed by atoms with E-state index in [0.29, 0.717) is 78.5 Å². The van der Waals surface area contributed by atoms with E-state index in [1.807, 2.05) is 9.80 Å². The molecule has 12 heteroatoms. The van der Waals surface area contributed by atoms with Gasteiger partial charge in [-0.05, 0) is 0 Å². The largest absolute Gasteiger partial charge is 0.481 e. The van der Waals surface area contributed by atoms with Crippen molar-refractivity contribution in [1.82, 2.24) is 9.80 Å². The minimum atomic E-state index is -0.883. The van der Waals surface area contributed by atoms with Crippen molar-refractivity contribution in [3.63, 3.8) is 0 Å². The van der Waals surface area contributed by atoms with Crippen molar-refractivity contribution in [2.24, 2.45) is 0 Å². The summed E-state index contributed by atoms with van der Waals surface area (Å²) in [5.41, 5.74) is 0. The lowest BCUT2D eigenvalue weighted by Crippen LogP contribution is -3.21. The lowest BCUT2D eigenvalue weighted by Gasteiger charge is -2.31. The molecule has 0 amide bonds. The van der Waals surface area contributed by atoms with E-state index in [1.165, 1.54) is 0 Å². The second-order valence-corrected chi connectivity index (χ2v) is 8.26. The molecule has 0 spiro atoms. The predicted molar refractivity (Wildman–Crippen MR) is 113 cm³/mol. The summed E-state index contributed by atoms with van der Waals surface area (Å²) >= 11 is 0. The van der Waals surface area contributed by atoms with E-state index in [1.54, 1.807) is 0 Å². The fraction of sp³-hybridized carbons (Fsp3) is 0.800. The zero-order chi connectivity index (χ0) is 23.9. The van der Waals surface area contributed by atoms with E-state index in [0.717, 1.165) is 9.80 Å². The monoisotopic (exact) mass is 462 g/mol. The molecular weight excluding hydrogens is 424 g/mol. The minimum absolute atomic E-state index is 0.00665. The van der Waals surface area contributed by atoms with Crippen molar-refractivity contribution in [2.45, 2.75) is 25.7 Å². The van der Waals surface area contributed by atoms with Gasteiger partial charge in [-0.15, -0.1) is 0 Å². The molecule has 1 aliphatic heterocycles. The van der Waals surface area contributed by atoms with E-state index in [2.05, 4.69) is 0 Å². The zero-order valence-corrected chi connectivity index (χ0v) is 18.6. The maximum absolute atomic E-state index is 11.0. The van der Waals surface area contributed by atoms with Crippen LogP contribution in [-0.2, 0) is 19.2 Å². The topological polar surface area (TPSA) is 165 Å². The fourth-order valence-corrected chi connectivity index (χ4v) is 3.76. The number of aliphatic carboxylic acids is 4. The highest BCUT2D eigenvalue weighted by atomic mass is 16.4. The normalized spacial score (nSPS) is 21.9. The summed E-state index contributed by atoms with van der Waals surface area (Å²) in [7, 11) is 0. The Balaban J connectivity index is 2.88. The molecule has 1 saturated heterocycles. The predicted octanol–water partition coefficient (Wildman–Crippen LogP) is -3.73. The Kier molecular flexibility index (Phi) is 13.5. The summed E-state index contributed by atoms with van der Waals surface area (Å²) in [4.78, 5) is 50.4. The smallest absolute Gasteiger partial charge is 0.309 e. The van der Waals surface area contributed by atoms with Gasteiger partial charge in [0.2, 0.25) is 0 Å². The first-order valence-corrected chi connectivity index (χ1v) is 11.1. The van der Waals surface area contributed by atoms with E-state index >= 15 is 0 Å². The van der Waals surface area contributed by atoms with Crippen LogP contribution in [-0.4, -0.2) is 133 Å². The highest BCUT2D eigenvalue weighted by Gasteiger charge is 2.21. The van der Waals surface area contributed by atoms with E-state index in [9.17, 15) is 19.2 Å². The van der Waals surface area contributed by atoms with E-state index in [-0.39, 0.29) is 25.7 Å². The number of carboxylic acid groups (broad SMARTS) is 4. The minimum Gasteiger partial charge on any atom is -0.481 e. The molecule has 0 aliphatic carbocycles. The molecule has 0 saturated carbocycles. The van der Waals surface area contributed by atoms with Gasteiger partial charge in [-0.2, -0.15) is 0 Å². The highest BCUT2D eigenvalue weighted by molar-refractivity contribution is 5.67. The lowest BCUT2D eigenvalue weighted by molar-refractivity contribution is -0.956. The average molecular weight is 463 g/mol. The third-order valence-electron chi connectivity index (χ3n) is 5.80. The zero-order valence-electron chi connectivity index (χ0n) is 18.6. The van der Waals surface area contributed by atoms with Gasteiger partial charge in [0.15, 0.2) is 0 Å². The highest BCUT2D eigenvalue weighted by Crippen LogP contribution is 1.97. The third kappa shape index (κ3) is 13.9.